The number of rotatable bonds is 36. The number of hydrogen-bond donors (Lipinski definition) is 1. The lowest BCUT2D eigenvalue weighted by Crippen LogP contribution is -2.20. The maximum atomic E-state index is 12.8. The Bertz CT molecular complexity index is 477. The Kier molecular flexibility index (Phi) is 36.0. The number of aliphatic hydroxyl groups excluding tert-OH is 1. The van der Waals surface area contributed by atoms with Crippen molar-refractivity contribution in [2.24, 2.45) is 5.92 Å². The SMILES string of the molecule is CCCCCCCCCCCCCCCCC(CCCCCCCCCCCCCCCC)C(=O)OCCOCCO. The summed E-state index contributed by atoms with van der Waals surface area (Å²) in [6.45, 7) is 5.55. The van der Waals surface area contributed by atoms with Gasteiger partial charge in [0.05, 0.1) is 25.7 Å². The van der Waals surface area contributed by atoms with E-state index in [0.717, 1.165) is 25.7 Å². The van der Waals surface area contributed by atoms with Gasteiger partial charge in [0.1, 0.15) is 6.61 Å². The molecule has 0 bridgehead atoms. The summed E-state index contributed by atoms with van der Waals surface area (Å²) in [5.74, 6) is 0.00415. The van der Waals surface area contributed by atoms with Crippen LogP contribution < -0.4 is 0 Å². The molecule has 0 atom stereocenters. The van der Waals surface area contributed by atoms with Crippen molar-refractivity contribution in [2.75, 3.05) is 26.4 Å². The molecule has 0 aromatic carbocycles. The molecule has 0 rings (SSSR count). The highest BCUT2D eigenvalue weighted by Crippen LogP contribution is 2.21. The minimum atomic E-state index is -0.0352. The average Bonchev–Trinajstić information content (AvgIpc) is 3.00. The zero-order chi connectivity index (χ0) is 30.6. The standard InChI is InChI=1S/C38H76O4/c1-3-5-7-9-11-13-15-17-19-21-23-25-27-29-31-37(38(40)42-36-35-41-34-33-39)32-30-28-26-24-22-20-18-16-14-12-10-8-6-4-2/h37,39H,3-36H2,1-2H3. The molecule has 0 unspecified atom stereocenters. The van der Waals surface area contributed by atoms with Crippen LogP contribution in [0.4, 0.5) is 0 Å². The van der Waals surface area contributed by atoms with Crippen LogP contribution in [-0.4, -0.2) is 37.5 Å². The van der Waals surface area contributed by atoms with Crippen LogP contribution >= 0.6 is 0 Å². The zero-order valence-electron chi connectivity index (χ0n) is 28.8. The van der Waals surface area contributed by atoms with Gasteiger partial charge in [-0.2, -0.15) is 0 Å². The third kappa shape index (κ3) is 32.3. The second-order valence-corrected chi connectivity index (χ2v) is 13.0. The number of esters is 1. The Morgan fingerprint density at radius 2 is 0.762 bits per heavy atom. The predicted octanol–water partition coefficient (Wildman–Crippen LogP) is 11.9. The number of aliphatic hydroxyl groups is 1. The first-order chi connectivity index (χ1) is 20.8. The van der Waals surface area contributed by atoms with Crippen molar-refractivity contribution in [3.8, 4) is 0 Å². The average molecular weight is 597 g/mol. The summed E-state index contributed by atoms with van der Waals surface area (Å²) >= 11 is 0. The zero-order valence-corrected chi connectivity index (χ0v) is 28.8. The summed E-state index contributed by atoms with van der Waals surface area (Å²) in [5, 5.41) is 8.84. The molecular weight excluding hydrogens is 520 g/mol. The maximum Gasteiger partial charge on any atom is 0.309 e. The van der Waals surface area contributed by atoms with Crippen molar-refractivity contribution in [3.63, 3.8) is 0 Å². The van der Waals surface area contributed by atoms with E-state index >= 15 is 0 Å². The number of carbonyl (C=O) groups is 1. The van der Waals surface area contributed by atoms with Crippen LogP contribution in [-0.2, 0) is 14.3 Å². The van der Waals surface area contributed by atoms with Crippen molar-refractivity contribution in [3.05, 3.63) is 0 Å². The van der Waals surface area contributed by atoms with E-state index in [1.807, 2.05) is 0 Å². The van der Waals surface area contributed by atoms with Gasteiger partial charge in [-0.1, -0.05) is 194 Å². The van der Waals surface area contributed by atoms with Crippen LogP contribution in [0.25, 0.3) is 0 Å². The molecule has 0 aliphatic heterocycles. The molecule has 0 saturated carbocycles. The highest BCUT2D eigenvalue weighted by Gasteiger charge is 2.19. The molecule has 4 heteroatoms. The van der Waals surface area contributed by atoms with Gasteiger partial charge in [-0.25, -0.2) is 0 Å². The minimum absolute atomic E-state index is 0.00875. The summed E-state index contributed by atoms with van der Waals surface area (Å²) in [5.41, 5.74) is 0. The molecule has 0 aliphatic carbocycles. The minimum Gasteiger partial charge on any atom is -0.463 e. The Morgan fingerprint density at radius 1 is 0.452 bits per heavy atom. The van der Waals surface area contributed by atoms with E-state index in [2.05, 4.69) is 13.8 Å². The lowest BCUT2D eigenvalue weighted by atomic mass is 9.94. The molecule has 0 aliphatic rings. The van der Waals surface area contributed by atoms with E-state index in [-0.39, 0.29) is 18.5 Å². The highest BCUT2D eigenvalue weighted by molar-refractivity contribution is 5.72. The molecule has 4 nitrogen and oxygen atoms in total. The van der Waals surface area contributed by atoms with Crippen molar-refractivity contribution >= 4 is 5.97 Å². The van der Waals surface area contributed by atoms with Crippen LogP contribution in [0.3, 0.4) is 0 Å². The summed E-state index contributed by atoms with van der Waals surface area (Å²) in [6, 6.07) is 0. The molecule has 0 aromatic heterocycles. The van der Waals surface area contributed by atoms with E-state index in [1.165, 1.54) is 167 Å². The Labute approximate surface area is 263 Å². The quantitative estimate of drug-likeness (QED) is 0.0577. The molecule has 252 valence electrons. The third-order valence-corrected chi connectivity index (χ3v) is 8.85. The number of ether oxygens (including phenoxy) is 2. The Morgan fingerprint density at radius 3 is 1.07 bits per heavy atom. The van der Waals surface area contributed by atoms with Crippen molar-refractivity contribution in [2.45, 2.75) is 206 Å². The highest BCUT2D eigenvalue weighted by atomic mass is 16.6. The summed E-state index contributed by atoms with van der Waals surface area (Å²) < 4.78 is 10.8. The van der Waals surface area contributed by atoms with E-state index < -0.39 is 0 Å². The molecule has 0 spiro atoms. The first-order valence-corrected chi connectivity index (χ1v) is 19.1. The number of unbranched alkanes of at least 4 members (excludes halogenated alkanes) is 26. The van der Waals surface area contributed by atoms with Gasteiger partial charge in [-0.15, -0.1) is 0 Å². The van der Waals surface area contributed by atoms with Gasteiger partial charge < -0.3 is 14.6 Å². The summed E-state index contributed by atoms with van der Waals surface area (Å²) in [7, 11) is 0. The van der Waals surface area contributed by atoms with Gasteiger partial charge in [0.25, 0.3) is 0 Å². The van der Waals surface area contributed by atoms with Crippen LogP contribution in [0.15, 0.2) is 0 Å². The fraction of sp³-hybridized carbons (Fsp3) is 0.974. The van der Waals surface area contributed by atoms with E-state index in [4.69, 9.17) is 14.6 Å². The molecule has 0 heterocycles. The topological polar surface area (TPSA) is 55.8 Å². The molecule has 0 saturated heterocycles. The predicted molar refractivity (Wildman–Crippen MR) is 182 cm³/mol. The normalized spacial score (nSPS) is 11.5. The molecule has 0 radical (unpaired) electrons. The number of carbonyl (C=O) groups excluding carboxylic acids is 1. The van der Waals surface area contributed by atoms with Gasteiger partial charge in [0, 0.05) is 0 Å². The third-order valence-electron chi connectivity index (χ3n) is 8.85. The fourth-order valence-electron chi connectivity index (χ4n) is 6.04. The van der Waals surface area contributed by atoms with Crippen molar-refractivity contribution < 1.29 is 19.4 Å². The molecule has 0 amide bonds. The van der Waals surface area contributed by atoms with E-state index in [1.54, 1.807) is 0 Å². The summed E-state index contributed by atoms with van der Waals surface area (Å²) in [4.78, 5) is 12.8. The van der Waals surface area contributed by atoms with Crippen LogP contribution in [0.2, 0.25) is 0 Å². The Hall–Kier alpha value is -0.610. The largest absolute Gasteiger partial charge is 0.463 e. The fourth-order valence-corrected chi connectivity index (χ4v) is 6.04. The molecule has 0 aromatic rings. The molecule has 0 fully saturated rings. The van der Waals surface area contributed by atoms with Crippen LogP contribution in [0.1, 0.15) is 206 Å². The van der Waals surface area contributed by atoms with Gasteiger partial charge >= 0.3 is 5.97 Å². The van der Waals surface area contributed by atoms with Gasteiger partial charge in [-0.05, 0) is 12.8 Å². The molecule has 42 heavy (non-hydrogen) atoms. The van der Waals surface area contributed by atoms with Gasteiger partial charge in [0.15, 0.2) is 0 Å². The van der Waals surface area contributed by atoms with Crippen LogP contribution in [0, 0.1) is 5.92 Å². The van der Waals surface area contributed by atoms with E-state index in [0.29, 0.717) is 19.8 Å². The lowest BCUT2D eigenvalue weighted by molar-refractivity contribution is -0.150. The second kappa shape index (κ2) is 36.6. The van der Waals surface area contributed by atoms with Gasteiger partial charge in [0.2, 0.25) is 0 Å². The first kappa shape index (κ1) is 41.4. The van der Waals surface area contributed by atoms with Crippen molar-refractivity contribution in [1.29, 1.82) is 0 Å². The van der Waals surface area contributed by atoms with Crippen molar-refractivity contribution in [1.82, 2.24) is 0 Å². The van der Waals surface area contributed by atoms with E-state index in [9.17, 15) is 4.79 Å². The second-order valence-electron chi connectivity index (χ2n) is 13.0. The van der Waals surface area contributed by atoms with Crippen LogP contribution in [0.5, 0.6) is 0 Å². The number of hydrogen-bond acceptors (Lipinski definition) is 4. The maximum absolute atomic E-state index is 12.8. The Balaban J connectivity index is 3.90. The molecule has 1 N–H and O–H groups in total. The lowest BCUT2D eigenvalue weighted by Gasteiger charge is -2.16. The monoisotopic (exact) mass is 597 g/mol. The smallest absolute Gasteiger partial charge is 0.309 e. The molecular formula is C38H76O4. The van der Waals surface area contributed by atoms with Gasteiger partial charge in [-0.3, -0.25) is 4.79 Å². The summed E-state index contributed by atoms with van der Waals surface area (Å²) in [6.07, 6.45) is 40.0. The first-order valence-electron chi connectivity index (χ1n) is 19.1.